The number of allylic oxidation sites excluding steroid dienone is 3. The summed E-state index contributed by atoms with van der Waals surface area (Å²) in [6.07, 6.45) is 5.59. The molecule has 2 aromatic carbocycles. The number of hydrogen-bond acceptors (Lipinski definition) is 4. The molecule has 0 radical (unpaired) electrons. The Morgan fingerprint density at radius 2 is 1.83 bits per heavy atom. The van der Waals surface area contributed by atoms with Crippen molar-refractivity contribution in [2.75, 3.05) is 0 Å². The molecule has 0 aliphatic heterocycles. The fourth-order valence-electron chi connectivity index (χ4n) is 3.12. The molecule has 0 saturated heterocycles. The highest BCUT2D eigenvalue weighted by Gasteiger charge is 2.45. The van der Waals surface area contributed by atoms with Crippen molar-refractivity contribution in [3.05, 3.63) is 94.5 Å². The van der Waals surface area contributed by atoms with Crippen molar-refractivity contribution in [2.24, 2.45) is 5.10 Å². The Morgan fingerprint density at radius 1 is 1.17 bits per heavy atom. The van der Waals surface area contributed by atoms with Gasteiger partial charge < -0.3 is 0 Å². The Labute approximate surface area is 184 Å². The molecule has 2 unspecified atom stereocenters. The van der Waals surface area contributed by atoms with Crippen LogP contribution in [0.2, 0.25) is 0 Å². The third-order valence-electron chi connectivity index (χ3n) is 4.50. The third kappa shape index (κ3) is 5.17. The Kier molecular flexibility index (Phi) is 6.77. The van der Waals surface area contributed by atoms with E-state index >= 15 is 0 Å². The molecule has 2 aromatic rings. The number of halogens is 2. The van der Waals surface area contributed by atoms with Crippen LogP contribution in [0, 0.1) is 0 Å². The zero-order valence-electron chi connectivity index (χ0n) is 15.6. The number of hydrogen-bond donors (Lipinski definition) is 2. The number of nitrogens with zero attached hydrogens (tertiary/aromatic N) is 1. The first kappa shape index (κ1) is 22.2. The molecule has 156 valence electrons. The highest BCUT2D eigenvalue weighted by molar-refractivity contribution is 7.86. The Hall–Kier alpha value is -2.45. The number of nitrogens with one attached hydrogen (secondary N) is 1. The molecule has 0 heterocycles. The minimum Gasteiger partial charge on any atom is -0.285 e. The second kappa shape index (κ2) is 9.14. The quantitative estimate of drug-likeness (QED) is 0.294. The Balaban J connectivity index is 1.84. The third-order valence-corrected chi connectivity index (χ3v) is 6.60. The lowest BCUT2D eigenvalue weighted by atomic mass is 9.88. The maximum Gasteiger partial charge on any atom is 0.273 e. The van der Waals surface area contributed by atoms with Crippen LogP contribution in [-0.4, -0.2) is 30.3 Å². The van der Waals surface area contributed by atoms with E-state index in [1.54, 1.807) is 24.3 Å². The summed E-state index contributed by atoms with van der Waals surface area (Å²) in [5.74, 6) is -0.307. The van der Waals surface area contributed by atoms with E-state index in [2.05, 4.69) is 10.5 Å². The van der Waals surface area contributed by atoms with Gasteiger partial charge in [-0.25, -0.2) is 5.43 Å². The van der Waals surface area contributed by atoms with Gasteiger partial charge in [0.2, 0.25) is 5.91 Å². The first-order valence-electron chi connectivity index (χ1n) is 8.87. The maximum absolute atomic E-state index is 12.1. The lowest BCUT2D eigenvalue weighted by Crippen LogP contribution is -2.39. The van der Waals surface area contributed by atoms with Crippen LogP contribution < -0.4 is 5.43 Å². The number of rotatable bonds is 6. The predicted molar refractivity (Wildman–Crippen MR) is 118 cm³/mol. The molecule has 0 fully saturated rings. The molecule has 1 aliphatic carbocycles. The summed E-state index contributed by atoms with van der Waals surface area (Å²) in [6, 6.07) is 15.9. The fraction of sp³-hybridized carbons (Fsp3) is 0.143. The van der Waals surface area contributed by atoms with E-state index in [-0.39, 0.29) is 17.4 Å². The van der Waals surface area contributed by atoms with Gasteiger partial charge in [-0.2, -0.15) is 13.5 Å². The molecule has 0 bridgehead atoms. The predicted octanol–water partition coefficient (Wildman–Crippen LogP) is 3.76. The van der Waals surface area contributed by atoms with Gasteiger partial charge in [0.15, 0.2) is 0 Å². The molecule has 3 rings (SSSR count). The van der Waals surface area contributed by atoms with Gasteiger partial charge >= 0.3 is 0 Å². The van der Waals surface area contributed by atoms with Crippen LogP contribution in [-0.2, 0) is 26.2 Å². The second-order valence-corrected chi connectivity index (χ2v) is 9.23. The zero-order valence-corrected chi connectivity index (χ0v) is 17.9. The highest BCUT2D eigenvalue weighted by Crippen LogP contribution is 2.43. The number of hydrazone groups is 1. The largest absolute Gasteiger partial charge is 0.285 e. The summed E-state index contributed by atoms with van der Waals surface area (Å²) in [6.45, 7) is 0. The summed E-state index contributed by atoms with van der Waals surface area (Å²) < 4.78 is 33.6. The first-order valence-corrected chi connectivity index (χ1v) is 11.1. The minimum absolute atomic E-state index is 0.147. The van der Waals surface area contributed by atoms with Crippen molar-refractivity contribution in [2.45, 2.75) is 16.5 Å². The zero-order chi connectivity index (χ0) is 21.8. The standard InChI is InChI=1S/C21H18Cl2N2O4S/c22-17-10-11-21(23,19(13-17)30(27,28)29)18-9-5-4-8-16(18)14-24-25-20(26)12-15-6-2-1-3-7-15/h1-11,13-14,19H,12H2,(H,25,26)(H,27,28,29)/b24-14+. The minimum atomic E-state index is -4.56. The van der Waals surface area contributed by atoms with E-state index in [1.165, 1.54) is 24.4 Å². The molecule has 9 heteroatoms. The Morgan fingerprint density at radius 3 is 2.53 bits per heavy atom. The van der Waals surface area contributed by atoms with Gasteiger partial charge in [-0.15, -0.1) is 11.6 Å². The normalized spacial score (nSPS) is 21.4. The molecule has 6 nitrogen and oxygen atoms in total. The smallest absolute Gasteiger partial charge is 0.273 e. The molecule has 2 N–H and O–H groups in total. The summed E-state index contributed by atoms with van der Waals surface area (Å²) in [4.78, 5) is 10.5. The summed E-state index contributed by atoms with van der Waals surface area (Å²) >= 11 is 12.6. The average molecular weight is 465 g/mol. The SMILES string of the molecule is O=C(Cc1ccccc1)N/N=C/c1ccccc1C1(Cl)C=CC(Cl)=CC1S(=O)(=O)O. The van der Waals surface area contributed by atoms with Crippen molar-refractivity contribution in [3.8, 4) is 0 Å². The molecule has 1 amide bonds. The van der Waals surface area contributed by atoms with Crippen LogP contribution in [0.4, 0.5) is 0 Å². The van der Waals surface area contributed by atoms with Gasteiger partial charge in [0.25, 0.3) is 10.1 Å². The number of alkyl halides is 1. The van der Waals surface area contributed by atoms with Crippen LogP contribution >= 0.6 is 23.2 Å². The molecule has 0 saturated carbocycles. The van der Waals surface area contributed by atoms with E-state index in [0.29, 0.717) is 11.1 Å². The van der Waals surface area contributed by atoms with Crippen LogP contribution in [0.25, 0.3) is 0 Å². The number of carbonyl (C=O) groups excluding carboxylic acids is 1. The molecular weight excluding hydrogens is 447 g/mol. The van der Waals surface area contributed by atoms with Crippen molar-refractivity contribution in [1.29, 1.82) is 0 Å². The summed E-state index contributed by atoms with van der Waals surface area (Å²) in [7, 11) is -4.56. The van der Waals surface area contributed by atoms with Gasteiger partial charge in [-0.1, -0.05) is 72.3 Å². The van der Waals surface area contributed by atoms with Crippen molar-refractivity contribution in [3.63, 3.8) is 0 Å². The average Bonchev–Trinajstić information content (AvgIpc) is 2.70. The van der Waals surface area contributed by atoms with Crippen LogP contribution in [0.5, 0.6) is 0 Å². The van der Waals surface area contributed by atoms with E-state index in [4.69, 9.17) is 23.2 Å². The number of amides is 1. The Bertz CT molecular complexity index is 1130. The van der Waals surface area contributed by atoms with Gasteiger partial charge in [0, 0.05) is 5.03 Å². The molecular formula is C21H18Cl2N2O4S. The molecule has 1 aliphatic rings. The summed E-state index contributed by atoms with van der Waals surface area (Å²) in [5.41, 5.74) is 4.14. The topological polar surface area (TPSA) is 95.8 Å². The molecule has 2 atom stereocenters. The van der Waals surface area contributed by atoms with E-state index < -0.39 is 20.2 Å². The lowest BCUT2D eigenvalue weighted by molar-refractivity contribution is -0.120. The second-order valence-electron chi connectivity index (χ2n) is 6.63. The van der Waals surface area contributed by atoms with Gasteiger partial charge in [0.1, 0.15) is 10.1 Å². The van der Waals surface area contributed by atoms with Crippen molar-refractivity contribution in [1.82, 2.24) is 5.43 Å². The van der Waals surface area contributed by atoms with E-state index in [1.807, 2.05) is 30.3 Å². The molecule has 0 aromatic heterocycles. The van der Waals surface area contributed by atoms with Crippen LogP contribution in [0.1, 0.15) is 16.7 Å². The fourth-order valence-corrected chi connectivity index (χ4v) is 4.97. The monoisotopic (exact) mass is 464 g/mol. The summed E-state index contributed by atoms with van der Waals surface area (Å²) in [5, 5.41) is 2.62. The van der Waals surface area contributed by atoms with Gasteiger partial charge in [0.05, 0.1) is 12.6 Å². The van der Waals surface area contributed by atoms with Crippen molar-refractivity contribution >= 4 is 45.4 Å². The number of benzene rings is 2. The van der Waals surface area contributed by atoms with Crippen molar-refractivity contribution < 1.29 is 17.8 Å². The van der Waals surface area contributed by atoms with E-state index in [0.717, 1.165) is 5.56 Å². The maximum atomic E-state index is 12.1. The van der Waals surface area contributed by atoms with Crippen LogP contribution in [0.3, 0.4) is 0 Å². The molecule has 30 heavy (non-hydrogen) atoms. The first-order chi connectivity index (χ1) is 14.2. The lowest BCUT2D eigenvalue weighted by Gasteiger charge is -2.32. The van der Waals surface area contributed by atoms with E-state index in [9.17, 15) is 17.8 Å². The molecule has 0 spiro atoms. The highest BCUT2D eigenvalue weighted by atomic mass is 35.5. The van der Waals surface area contributed by atoms with Gasteiger partial charge in [-0.05, 0) is 28.8 Å². The number of carbonyl (C=O) groups is 1. The van der Waals surface area contributed by atoms with Crippen LogP contribution in [0.15, 0.2) is 83.0 Å². The van der Waals surface area contributed by atoms with Gasteiger partial charge in [-0.3, -0.25) is 9.35 Å².